The van der Waals surface area contributed by atoms with Crippen LogP contribution in [0.3, 0.4) is 0 Å². The average Bonchev–Trinajstić information content (AvgIpc) is 3.32. The van der Waals surface area contributed by atoms with Gasteiger partial charge in [-0.25, -0.2) is 0 Å². The number of anilines is 1. The van der Waals surface area contributed by atoms with Gasteiger partial charge in [-0.05, 0) is 60.2 Å². The molecule has 5 aromatic rings. The molecule has 4 nitrogen and oxygen atoms in total. The van der Waals surface area contributed by atoms with Crippen molar-refractivity contribution in [2.75, 3.05) is 18.4 Å². The van der Waals surface area contributed by atoms with Crippen LogP contribution in [-0.2, 0) is 6.54 Å². The molecule has 0 unspecified atom stereocenters. The zero-order valence-electron chi connectivity index (χ0n) is 18.9. The van der Waals surface area contributed by atoms with Crippen molar-refractivity contribution >= 4 is 38.0 Å². The van der Waals surface area contributed by atoms with Crippen LogP contribution in [-0.4, -0.2) is 18.1 Å². The van der Waals surface area contributed by atoms with E-state index in [-0.39, 0.29) is 0 Å². The Labute approximate surface area is 203 Å². The van der Waals surface area contributed by atoms with Crippen molar-refractivity contribution in [1.82, 2.24) is 10.3 Å². The molecule has 0 atom stereocenters. The van der Waals surface area contributed by atoms with E-state index in [1.54, 1.807) is 11.3 Å². The first-order valence-electron chi connectivity index (χ1n) is 11.6. The van der Waals surface area contributed by atoms with Crippen molar-refractivity contribution in [2.45, 2.75) is 19.4 Å². The molecule has 34 heavy (non-hydrogen) atoms. The van der Waals surface area contributed by atoms with Gasteiger partial charge < -0.3 is 10.6 Å². The summed E-state index contributed by atoms with van der Waals surface area (Å²) in [5.41, 5.74) is 6.64. The van der Waals surface area contributed by atoms with E-state index in [2.05, 4.69) is 69.5 Å². The number of benzene rings is 3. The van der Waals surface area contributed by atoms with E-state index in [4.69, 9.17) is 5.26 Å². The molecule has 5 rings (SSSR count). The SMILES string of the molecule is N#Cc1ccc2c(-c3ccc(CNCCCCNc4ccnc5ccccc45)cc3)csc2c1. The Morgan fingerprint density at radius 2 is 1.74 bits per heavy atom. The molecule has 0 radical (unpaired) electrons. The van der Waals surface area contributed by atoms with E-state index in [9.17, 15) is 0 Å². The van der Waals surface area contributed by atoms with Crippen LogP contribution in [0.4, 0.5) is 5.69 Å². The van der Waals surface area contributed by atoms with Crippen molar-refractivity contribution in [3.8, 4) is 17.2 Å². The van der Waals surface area contributed by atoms with Gasteiger partial charge in [0.1, 0.15) is 0 Å². The third-order valence-electron chi connectivity index (χ3n) is 6.04. The van der Waals surface area contributed by atoms with Crippen LogP contribution in [0.15, 0.2) is 84.4 Å². The topological polar surface area (TPSA) is 60.7 Å². The van der Waals surface area contributed by atoms with Crippen molar-refractivity contribution in [3.63, 3.8) is 0 Å². The van der Waals surface area contributed by atoms with Gasteiger partial charge >= 0.3 is 0 Å². The third-order valence-corrected chi connectivity index (χ3v) is 6.99. The highest BCUT2D eigenvalue weighted by molar-refractivity contribution is 7.17. The number of thiophene rings is 1. The van der Waals surface area contributed by atoms with E-state index in [0.29, 0.717) is 5.56 Å². The summed E-state index contributed by atoms with van der Waals surface area (Å²) in [6, 6.07) is 27.2. The molecular formula is C29H26N4S. The van der Waals surface area contributed by atoms with Gasteiger partial charge in [-0.1, -0.05) is 48.5 Å². The molecule has 2 aromatic heterocycles. The summed E-state index contributed by atoms with van der Waals surface area (Å²) in [7, 11) is 0. The summed E-state index contributed by atoms with van der Waals surface area (Å²) in [5.74, 6) is 0. The summed E-state index contributed by atoms with van der Waals surface area (Å²) in [6.07, 6.45) is 4.10. The number of unbranched alkanes of at least 4 members (excludes halogenated alkanes) is 1. The predicted molar refractivity (Wildman–Crippen MR) is 143 cm³/mol. The molecular weight excluding hydrogens is 436 g/mol. The minimum atomic E-state index is 0.712. The van der Waals surface area contributed by atoms with Crippen LogP contribution in [0.5, 0.6) is 0 Å². The second kappa shape index (κ2) is 10.5. The van der Waals surface area contributed by atoms with Gasteiger partial charge in [-0.2, -0.15) is 5.26 Å². The summed E-state index contributed by atoms with van der Waals surface area (Å²) in [5, 5.41) is 20.8. The molecule has 0 bridgehead atoms. The van der Waals surface area contributed by atoms with Crippen LogP contribution in [0.25, 0.3) is 32.1 Å². The largest absolute Gasteiger partial charge is 0.384 e. The first-order valence-corrected chi connectivity index (χ1v) is 12.5. The highest BCUT2D eigenvalue weighted by Gasteiger charge is 2.07. The second-order valence-corrected chi connectivity index (χ2v) is 9.27. The maximum Gasteiger partial charge on any atom is 0.0992 e. The summed E-state index contributed by atoms with van der Waals surface area (Å²) < 4.78 is 1.16. The number of pyridine rings is 1. The van der Waals surface area contributed by atoms with Gasteiger partial charge in [-0.15, -0.1) is 11.3 Å². The highest BCUT2D eigenvalue weighted by Crippen LogP contribution is 2.34. The lowest BCUT2D eigenvalue weighted by atomic mass is 10.0. The molecule has 0 fully saturated rings. The number of fused-ring (bicyclic) bond motifs is 2. The first kappa shape index (κ1) is 22.1. The lowest BCUT2D eigenvalue weighted by Gasteiger charge is -2.10. The summed E-state index contributed by atoms with van der Waals surface area (Å²) >= 11 is 1.69. The zero-order valence-corrected chi connectivity index (χ0v) is 19.7. The van der Waals surface area contributed by atoms with E-state index in [1.165, 1.54) is 27.5 Å². The Kier molecular flexibility index (Phi) is 6.81. The zero-order chi connectivity index (χ0) is 23.2. The second-order valence-electron chi connectivity index (χ2n) is 8.36. The fourth-order valence-corrected chi connectivity index (χ4v) is 5.21. The number of nitrogens with zero attached hydrogens (tertiary/aromatic N) is 2. The molecule has 0 saturated carbocycles. The molecule has 0 aliphatic heterocycles. The first-order chi connectivity index (χ1) is 16.8. The molecule has 0 spiro atoms. The van der Waals surface area contributed by atoms with Crippen molar-refractivity contribution < 1.29 is 0 Å². The lowest BCUT2D eigenvalue weighted by Crippen LogP contribution is -2.15. The molecule has 0 amide bonds. The van der Waals surface area contributed by atoms with Gasteiger partial charge in [0.15, 0.2) is 0 Å². The number of para-hydroxylation sites is 1. The van der Waals surface area contributed by atoms with Crippen molar-refractivity contribution in [1.29, 1.82) is 5.26 Å². The molecule has 0 saturated heterocycles. The van der Waals surface area contributed by atoms with Gasteiger partial charge in [0.2, 0.25) is 0 Å². The van der Waals surface area contributed by atoms with Crippen LogP contribution in [0, 0.1) is 11.3 Å². The number of nitrogens with one attached hydrogen (secondary N) is 2. The van der Waals surface area contributed by atoms with Crippen LogP contribution < -0.4 is 10.6 Å². The fourth-order valence-electron chi connectivity index (χ4n) is 4.20. The van der Waals surface area contributed by atoms with Crippen LogP contribution in [0.1, 0.15) is 24.0 Å². The summed E-state index contributed by atoms with van der Waals surface area (Å²) in [6.45, 7) is 2.82. The Morgan fingerprint density at radius 3 is 2.62 bits per heavy atom. The molecule has 3 aromatic carbocycles. The number of hydrogen-bond donors (Lipinski definition) is 2. The highest BCUT2D eigenvalue weighted by atomic mass is 32.1. The van der Waals surface area contributed by atoms with E-state index >= 15 is 0 Å². The fraction of sp³-hybridized carbons (Fsp3) is 0.172. The van der Waals surface area contributed by atoms with Crippen LogP contribution >= 0.6 is 11.3 Å². The van der Waals surface area contributed by atoms with Gasteiger partial charge in [0, 0.05) is 46.0 Å². The minimum Gasteiger partial charge on any atom is -0.384 e. The number of rotatable bonds is 9. The molecule has 0 aliphatic rings. The van der Waals surface area contributed by atoms with E-state index in [1.807, 2.05) is 36.5 Å². The van der Waals surface area contributed by atoms with Gasteiger partial charge in [0.25, 0.3) is 0 Å². The quantitative estimate of drug-likeness (QED) is 0.232. The maximum atomic E-state index is 9.11. The minimum absolute atomic E-state index is 0.712. The number of hydrogen-bond acceptors (Lipinski definition) is 5. The standard InChI is InChI=1S/C29H26N4S/c30-18-22-9-12-24-26(20-34-29(24)17-22)23-10-7-21(8-11-23)19-31-14-3-4-15-32-28-13-16-33-27-6-2-1-5-25(27)28/h1-2,5-13,16-17,20,31H,3-4,14-15,19H2,(H,32,33). The number of nitriles is 1. The Bertz CT molecular complexity index is 1440. The molecule has 5 heteroatoms. The molecule has 0 aliphatic carbocycles. The van der Waals surface area contributed by atoms with E-state index in [0.717, 1.165) is 48.4 Å². The molecule has 168 valence electrons. The normalized spacial score (nSPS) is 11.0. The van der Waals surface area contributed by atoms with E-state index < -0.39 is 0 Å². The Hall–Kier alpha value is -3.72. The molecule has 2 heterocycles. The van der Waals surface area contributed by atoms with Gasteiger partial charge in [-0.3, -0.25) is 4.98 Å². The Morgan fingerprint density at radius 1 is 0.882 bits per heavy atom. The van der Waals surface area contributed by atoms with Crippen molar-refractivity contribution in [3.05, 3.63) is 95.5 Å². The van der Waals surface area contributed by atoms with Crippen molar-refractivity contribution in [2.24, 2.45) is 0 Å². The summed E-state index contributed by atoms with van der Waals surface area (Å²) in [4.78, 5) is 4.42. The third kappa shape index (κ3) is 4.94. The van der Waals surface area contributed by atoms with Gasteiger partial charge in [0.05, 0.1) is 17.1 Å². The lowest BCUT2D eigenvalue weighted by molar-refractivity contribution is 0.633. The number of aromatic nitrogens is 1. The Balaban J connectivity index is 1.07. The average molecular weight is 463 g/mol. The maximum absolute atomic E-state index is 9.11. The monoisotopic (exact) mass is 462 g/mol. The predicted octanol–water partition coefficient (Wildman–Crippen LogP) is 6.97. The van der Waals surface area contributed by atoms with Crippen LogP contribution in [0.2, 0.25) is 0 Å². The smallest absolute Gasteiger partial charge is 0.0992 e. The molecule has 2 N–H and O–H groups in total.